The Hall–Kier alpha value is -4.95. The van der Waals surface area contributed by atoms with Gasteiger partial charge in [-0.3, -0.25) is 14.4 Å². The quantitative estimate of drug-likeness (QED) is 0.160. The summed E-state index contributed by atoms with van der Waals surface area (Å²) in [4.78, 5) is 41.6. The molecule has 0 unspecified atom stereocenters. The summed E-state index contributed by atoms with van der Waals surface area (Å²) in [6, 6.07) is 30.1. The maximum absolute atomic E-state index is 13.7. The van der Waals surface area contributed by atoms with Crippen LogP contribution < -0.4 is 10.6 Å². The fraction of sp³-hybridized carbons (Fsp3) is 0.289. The van der Waals surface area contributed by atoms with Gasteiger partial charge in [0.15, 0.2) is 0 Å². The molecular formula is C38H43N3O5. The molecule has 0 heterocycles. The molecular weight excluding hydrogens is 578 g/mol. The average molecular weight is 622 g/mol. The molecule has 8 nitrogen and oxygen atoms in total. The summed E-state index contributed by atoms with van der Waals surface area (Å²) in [5.74, 6) is -0.995. The van der Waals surface area contributed by atoms with Crippen LogP contribution in [0.5, 0.6) is 5.75 Å². The summed E-state index contributed by atoms with van der Waals surface area (Å²) in [6.07, 6.45) is -0.281. The molecule has 240 valence electrons. The maximum atomic E-state index is 13.7. The van der Waals surface area contributed by atoms with Crippen LogP contribution >= 0.6 is 0 Å². The first-order chi connectivity index (χ1) is 22.1. The van der Waals surface area contributed by atoms with Crippen LogP contribution in [0.15, 0.2) is 103 Å². The molecule has 0 bridgehead atoms. The van der Waals surface area contributed by atoms with Crippen molar-refractivity contribution in [1.29, 1.82) is 0 Å². The number of aliphatic hydroxyl groups is 1. The molecule has 0 saturated heterocycles. The third kappa shape index (κ3) is 9.52. The molecule has 3 atom stereocenters. The summed E-state index contributed by atoms with van der Waals surface area (Å²) >= 11 is 0. The van der Waals surface area contributed by atoms with Crippen molar-refractivity contribution < 1.29 is 24.6 Å². The van der Waals surface area contributed by atoms with Crippen LogP contribution in [0.4, 0.5) is 0 Å². The van der Waals surface area contributed by atoms with Crippen molar-refractivity contribution in [3.05, 3.63) is 137 Å². The number of aryl methyl sites for hydroxylation is 1. The zero-order valence-electron chi connectivity index (χ0n) is 26.6. The second-order valence-electron chi connectivity index (χ2n) is 11.7. The summed E-state index contributed by atoms with van der Waals surface area (Å²) in [7, 11) is 0. The van der Waals surface area contributed by atoms with Crippen LogP contribution in [0.25, 0.3) is 0 Å². The molecule has 0 aliphatic heterocycles. The van der Waals surface area contributed by atoms with E-state index in [9.17, 15) is 24.6 Å². The van der Waals surface area contributed by atoms with Gasteiger partial charge in [0.1, 0.15) is 11.8 Å². The van der Waals surface area contributed by atoms with E-state index in [0.717, 1.165) is 22.3 Å². The minimum absolute atomic E-state index is 0.00930. The number of carbonyl (C=O) groups is 3. The van der Waals surface area contributed by atoms with E-state index < -0.39 is 24.1 Å². The Bertz CT molecular complexity index is 1610. The standard InChI is InChI=1S/C38H43N3O5/c1-26-12-10-17-31(22-26)25-39-38(46)34(24-30-15-8-5-9-16-30)41(28(3)42)21-20-36(44)33(23-29-13-6-4-7-14-29)40-37(45)32-18-11-19-35(43)27(32)2/h4-19,22,33-34,36,43-44H,20-21,23-25H2,1-3H3,(H,39,46)(H,40,45)/t33-,34-,36+/m0/s1. The first kappa shape index (κ1) is 33.9. The van der Waals surface area contributed by atoms with Crippen molar-refractivity contribution >= 4 is 17.7 Å². The highest BCUT2D eigenvalue weighted by Crippen LogP contribution is 2.21. The Labute approximate surface area is 271 Å². The van der Waals surface area contributed by atoms with Crippen molar-refractivity contribution in [2.45, 2.75) is 64.8 Å². The molecule has 46 heavy (non-hydrogen) atoms. The topological polar surface area (TPSA) is 119 Å². The largest absolute Gasteiger partial charge is 0.508 e. The molecule has 0 saturated carbocycles. The van der Waals surface area contributed by atoms with Crippen molar-refractivity contribution in [1.82, 2.24) is 15.5 Å². The Balaban J connectivity index is 1.53. The number of aliphatic hydroxyl groups excluding tert-OH is 1. The predicted octanol–water partition coefficient (Wildman–Crippen LogP) is 4.88. The summed E-state index contributed by atoms with van der Waals surface area (Å²) in [5, 5.41) is 27.6. The van der Waals surface area contributed by atoms with Crippen LogP contribution in [0.2, 0.25) is 0 Å². The van der Waals surface area contributed by atoms with E-state index >= 15 is 0 Å². The second kappa shape index (κ2) is 16.4. The van der Waals surface area contributed by atoms with Gasteiger partial charge in [0.05, 0.1) is 12.1 Å². The van der Waals surface area contributed by atoms with Crippen molar-refractivity contribution in [2.24, 2.45) is 0 Å². The van der Waals surface area contributed by atoms with Gasteiger partial charge < -0.3 is 25.7 Å². The van der Waals surface area contributed by atoms with E-state index in [1.807, 2.05) is 91.9 Å². The van der Waals surface area contributed by atoms with Gasteiger partial charge in [0.2, 0.25) is 11.8 Å². The van der Waals surface area contributed by atoms with Crippen LogP contribution in [0.1, 0.15) is 51.5 Å². The van der Waals surface area contributed by atoms with Gasteiger partial charge >= 0.3 is 0 Å². The molecule has 4 aromatic carbocycles. The molecule has 0 aliphatic carbocycles. The van der Waals surface area contributed by atoms with Gasteiger partial charge in [0, 0.05) is 37.6 Å². The molecule has 0 fully saturated rings. The first-order valence-electron chi connectivity index (χ1n) is 15.6. The summed E-state index contributed by atoms with van der Waals surface area (Å²) in [6.45, 7) is 5.49. The minimum Gasteiger partial charge on any atom is -0.508 e. The zero-order chi connectivity index (χ0) is 33.1. The van der Waals surface area contributed by atoms with E-state index in [1.165, 1.54) is 17.9 Å². The number of nitrogens with one attached hydrogen (secondary N) is 2. The molecule has 4 rings (SSSR count). The van der Waals surface area contributed by atoms with Gasteiger partial charge in [-0.15, -0.1) is 0 Å². The lowest BCUT2D eigenvalue weighted by atomic mass is 9.97. The van der Waals surface area contributed by atoms with Gasteiger partial charge in [0.25, 0.3) is 5.91 Å². The van der Waals surface area contributed by atoms with Crippen LogP contribution in [0.3, 0.4) is 0 Å². The molecule has 8 heteroatoms. The Kier molecular flexibility index (Phi) is 12.1. The zero-order valence-corrected chi connectivity index (χ0v) is 26.6. The van der Waals surface area contributed by atoms with E-state index in [4.69, 9.17) is 0 Å². The molecule has 0 radical (unpaired) electrons. The van der Waals surface area contributed by atoms with Crippen molar-refractivity contribution in [3.8, 4) is 5.75 Å². The number of rotatable bonds is 14. The number of hydrogen-bond donors (Lipinski definition) is 4. The normalized spacial score (nSPS) is 12.9. The Morgan fingerprint density at radius 1 is 0.783 bits per heavy atom. The van der Waals surface area contributed by atoms with Crippen molar-refractivity contribution in [2.75, 3.05) is 6.54 Å². The molecule has 0 aliphatic rings. The van der Waals surface area contributed by atoms with Gasteiger partial charge in [-0.05, 0) is 55.5 Å². The van der Waals surface area contributed by atoms with Gasteiger partial charge in [-0.25, -0.2) is 0 Å². The predicted molar refractivity (Wildman–Crippen MR) is 179 cm³/mol. The number of hydrogen-bond acceptors (Lipinski definition) is 5. The molecule has 3 amide bonds. The van der Waals surface area contributed by atoms with Crippen molar-refractivity contribution in [3.63, 3.8) is 0 Å². The van der Waals surface area contributed by atoms with E-state index in [1.54, 1.807) is 19.1 Å². The molecule has 4 aromatic rings. The third-order valence-corrected chi connectivity index (χ3v) is 8.20. The number of benzene rings is 4. The molecule has 4 N–H and O–H groups in total. The number of nitrogens with zero attached hydrogens (tertiary/aromatic N) is 1. The average Bonchev–Trinajstić information content (AvgIpc) is 3.05. The van der Waals surface area contributed by atoms with Crippen LogP contribution in [-0.4, -0.2) is 57.6 Å². The number of phenols is 1. The van der Waals surface area contributed by atoms with E-state index in [2.05, 4.69) is 10.6 Å². The van der Waals surface area contributed by atoms with E-state index in [0.29, 0.717) is 30.5 Å². The Morgan fingerprint density at radius 2 is 1.39 bits per heavy atom. The smallest absolute Gasteiger partial charge is 0.252 e. The summed E-state index contributed by atoms with van der Waals surface area (Å²) < 4.78 is 0. The third-order valence-electron chi connectivity index (χ3n) is 8.20. The van der Waals surface area contributed by atoms with Gasteiger partial charge in [-0.2, -0.15) is 0 Å². The summed E-state index contributed by atoms with van der Waals surface area (Å²) in [5.41, 5.74) is 4.61. The first-order valence-corrected chi connectivity index (χ1v) is 15.6. The lowest BCUT2D eigenvalue weighted by Gasteiger charge is -2.32. The highest BCUT2D eigenvalue weighted by atomic mass is 16.3. The number of aromatic hydroxyl groups is 1. The monoisotopic (exact) mass is 621 g/mol. The number of amides is 3. The SMILES string of the molecule is CC(=O)N(CC[C@@H](O)[C@H](Cc1ccccc1)NC(=O)c1cccc(O)c1C)[C@@H](Cc1ccccc1)C(=O)NCc1cccc(C)c1. The Morgan fingerprint density at radius 3 is 2.02 bits per heavy atom. The highest BCUT2D eigenvalue weighted by Gasteiger charge is 2.30. The number of phenolic OH excluding ortho intramolecular Hbond substituents is 1. The van der Waals surface area contributed by atoms with E-state index in [-0.39, 0.29) is 30.5 Å². The maximum Gasteiger partial charge on any atom is 0.252 e. The lowest BCUT2D eigenvalue weighted by molar-refractivity contribution is -0.139. The fourth-order valence-corrected chi connectivity index (χ4v) is 5.58. The van der Waals surface area contributed by atoms with Gasteiger partial charge in [-0.1, -0.05) is 96.6 Å². The minimum atomic E-state index is -1.05. The van der Waals surface area contributed by atoms with Crippen LogP contribution in [0, 0.1) is 13.8 Å². The molecule has 0 aromatic heterocycles. The number of carbonyl (C=O) groups excluding carboxylic acids is 3. The fourth-order valence-electron chi connectivity index (χ4n) is 5.58. The second-order valence-corrected chi connectivity index (χ2v) is 11.7. The highest BCUT2D eigenvalue weighted by molar-refractivity contribution is 5.96. The lowest BCUT2D eigenvalue weighted by Crippen LogP contribution is -2.52. The molecule has 0 spiro atoms. The van der Waals surface area contributed by atoms with Crippen LogP contribution in [-0.2, 0) is 29.0 Å².